The zero-order chi connectivity index (χ0) is 12.0. The maximum atomic E-state index is 3.76. The molecule has 2 atom stereocenters. The van der Waals surface area contributed by atoms with Gasteiger partial charge in [-0.05, 0) is 12.8 Å². The summed E-state index contributed by atoms with van der Waals surface area (Å²) in [6.45, 7) is 14.2. The second-order valence-electron chi connectivity index (χ2n) is 4.98. The molecule has 0 radical (unpaired) electrons. The van der Waals surface area contributed by atoms with E-state index in [0.717, 1.165) is 18.2 Å². The normalized spacial score (nSPS) is 27.2. The first-order chi connectivity index (χ1) is 7.65. The van der Waals surface area contributed by atoms with Crippen molar-refractivity contribution in [1.29, 1.82) is 0 Å². The van der Waals surface area contributed by atoms with Crippen LogP contribution in [0.4, 0.5) is 0 Å². The van der Waals surface area contributed by atoms with Crippen LogP contribution in [0.25, 0.3) is 0 Å². The first-order valence-corrected chi connectivity index (χ1v) is 7.46. The highest BCUT2D eigenvalue weighted by molar-refractivity contribution is 7.99. The highest BCUT2D eigenvalue weighted by Gasteiger charge is 2.27. The largest absolute Gasteiger partial charge is 0.311 e. The Hall–Kier alpha value is 0.01000. The third-order valence-corrected chi connectivity index (χ3v) is 4.12. The van der Waals surface area contributed by atoms with E-state index in [2.05, 4.69) is 37.6 Å². The lowest BCUT2D eigenvalue weighted by Crippen LogP contribution is -2.57. The SMILES string of the molecule is C=CCSCCN1CC(C)NCC1C(C)C. The summed E-state index contributed by atoms with van der Waals surface area (Å²) in [5.74, 6) is 3.04. The molecule has 0 bridgehead atoms. The van der Waals surface area contributed by atoms with E-state index in [1.807, 2.05) is 17.8 Å². The van der Waals surface area contributed by atoms with Crippen molar-refractivity contribution in [1.82, 2.24) is 10.2 Å². The molecule has 94 valence electrons. The van der Waals surface area contributed by atoms with Gasteiger partial charge in [0, 0.05) is 43.2 Å². The second kappa shape index (κ2) is 7.36. The van der Waals surface area contributed by atoms with E-state index in [4.69, 9.17) is 0 Å². The molecular weight excluding hydrogens is 216 g/mol. The molecule has 1 saturated heterocycles. The molecule has 1 fully saturated rings. The summed E-state index contributed by atoms with van der Waals surface area (Å²) < 4.78 is 0. The van der Waals surface area contributed by atoms with E-state index in [-0.39, 0.29) is 0 Å². The van der Waals surface area contributed by atoms with Gasteiger partial charge in [-0.1, -0.05) is 19.9 Å². The Morgan fingerprint density at radius 3 is 2.94 bits per heavy atom. The number of hydrogen-bond donors (Lipinski definition) is 1. The molecule has 2 nitrogen and oxygen atoms in total. The highest BCUT2D eigenvalue weighted by atomic mass is 32.2. The molecular formula is C13H26N2S. The summed E-state index contributed by atoms with van der Waals surface area (Å²) in [5, 5.41) is 3.58. The van der Waals surface area contributed by atoms with Gasteiger partial charge in [0.15, 0.2) is 0 Å². The molecule has 0 aliphatic carbocycles. The van der Waals surface area contributed by atoms with Crippen molar-refractivity contribution in [2.24, 2.45) is 5.92 Å². The lowest BCUT2D eigenvalue weighted by atomic mass is 9.99. The number of nitrogens with zero attached hydrogens (tertiary/aromatic N) is 1. The monoisotopic (exact) mass is 242 g/mol. The Morgan fingerprint density at radius 1 is 1.56 bits per heavy atom. The summed E-state index contributed by atoms with van der Waals surface area (Å²) in [6.07, 6.45) is 1.99. The fourth-order valence-corrected chi connectivity index (χ4v) is 2.96. The second-order valence-corrected chi connectivity index (χ2v) is 6.13. The maximum absolute atomic E-state index is 3.76. The molecule has 0 aromatic rings. The van der Waals surface area contributed by atoms with Gasteiger partial charge in [0.2, 0.25) is 0 Å². The maximum Gasteiger partial charge on any atom is 0.0244 e. The van der Waals surface area contributed by atoms with Crippen LogP contribution in [-0.4, -0.2) is 48.1 Å². The van der Waals surface area contributed by atoms with Gasteiger partial charge in [-0.25, -0.2) is 0 Å². The van der Waals surface area contributed by atoms with Crippen molar-refractivity contribution in [3.63, 3.8) is 0 Å². The molecule has 3 heteroatoms. The zero-order valence-electron chi connectivity index (χ0n) is 10.9. The smallest absolute Gasteiger partial charge is 0.0244 e. The quantitative estimate of drug-likeness (QED) is 0.568. The van der Waals surface area contributed by atoms with Gasteiger partial charge in [-0.15, -0.1) is 6.58 Å². The molecule has 1 aliphatic heterocycles. The van der Waals surface area contributed by atoms with E-state index in [9.17, 15) is 0 Å². The van der Waals surface area contributed by atoms with Crippen LogP contribution < -0.4 is 5.32 Å². The number of hydrogen-bond acceptors (Lipinski definition) is 3. The van der Waals surface area contributed by atoms with Crippen LogP contribution in [-0.2, 0) is 0 Å². The molecule has 0 aromatic carbocycles. The number of nitrogens with one attached hydrogen (secondary N) is 1. The van der Waals surface area contributed by atoms with Crippen molar-refractivity contribution < 1.29 is 0 Å². The van der Waals surface area contributed by atoms with Gasteiger partial charge in [-0.2, -0.15) is 11.8 Å². The van der Waals surface area contributed by atoms with Gasteiger partial charge >= 0.3 is 0 Å². The molecule has 0 spiro atoms. The van der Waals surface area contributed by atoms with Crippen LogP contribution in [0.2, 0.25) is 0 Å². The minimum absolute atomic E-state index is 0.638. The van der Waals surface area contributed by atoms with Crippen molar-refractivity contribution in [3.8, 4) is 0 Å². The Bertz CT molecular complexity index is 206. The Kier molecular flexibility index (Phi) is 6.47. The highest BCUT2D eigenvalue weighted by Crippen LogP contribution is 2.15. The fourth-order valence-electron chi connectivity index (χ4n) is 2.27. The number of rotatable bonds is 6. The van der Waals surface area contributed by atoms with Gasteiger partial charge in [-0.3, -0.25) is 4.90 Å². The van der Waals surface area contributed by atoms with Crippen LogP contribution in [0.1, 0.15) is 20.8 Å². The van der Waals surface area contributed by atoms with Crippen LogP contribution in [0.3, 0.4) is 0 Å². The van der Waals surface area contributed by atoms with E-state index in [1.165, 1.54) is 18.8 Å². The molecule has 1 heterocycles. The minimum Gasteiger partial charge on any atom is -0.311 e. The van der Waals surface area contributed by atoms with E-state index >= 15 is 0 Å². The van der Waals surface area contributed by atoms with Crippen LogP contribution in [0.5, 0.6) is 0 Å². The molecule has 2 unspecified atom stereocenters. The molecule has 1 N–H and O–H groups in total. The topological polar surface area (TPSA) is 15.3 Å². The molecule has 0 aromatic heterocycles. The van der Waals surface area contributed by atoms with E-state index in [0.29, 0.717) is 12.1 Å². The molecule has 0 saturated carbocycles. The predicted molar refractivity (Wildman–Crippen MR) is 75.2 cm³/mol. The molecule has 0 amide bonds. The van der Waals surface area contributed by atoms with Crippen molar-refractivity contribution in [2.45, 2.75) is 32.9 Å². The van der Waals surface area contributed by atoms with Gasteiger partial charge in [0.1, 0.15) is 0 Å². The first kappa shape index (κ1) is 14.1. The van der Waals surface area contributed by atoms with Crippen LogP contribution >= 0.6 is 11.8 Å². The summed E-state index contributed by atoms with van der Waals surface area (Å²) >= 11 is 1.98. The molecule has 1 aliphatic rings. The average molecular weight is 242 g/mol. The Balaban J connectivity index is 2.35. The van der Waals surface area contributed by atoms with Gasteiger partial charge in [0.25, 0.3) is 0 Å². The standard InChI is InChI=1S/C13H26N2S/c1-5-7-16-8-6-15-10-12(4)14-9-13(15)11(2)3/h5,11-14H,1,6-10H2,2-4H3. The van der Waals surface area contributed by atoms with Gasteiger partial charge in [0.05, 0.1) is 0 Å². The summed E-state index contributed by atoms with van der Waals surface area (Å²) in [7, 11) is 0. The number of piperazine rings is 1. The summed E-state index contributed by atoms with van der Waals surface area (Å²) in [6, 6.07) is 1.35. The summed E-state index contributed by atoms with van der Waals surface area (Å²) in [4.78, 5) is 2.65. The van der Waals surface area contributed by atoms with E-state index < -0.39 is 0 Å². The zero-order valence-corrected chi connectivity index (χ0v) is 11.7. The number of thioether (sulfide) groups is 1. The van der Waals surface area contributed by atoms with Crippen molar-refractivity contribution >= 4 is 11.8 Å². The lowest BCUT2D eigenvalue weighted by molar-refractivity contribution is 0.110. The van der Waals surface area contributed by atoms with Crippen molar-refractivity contribution in [2.75, 3.05) is 31.1 Å². The lowest BCUT2D eigenvalue weighted by Gasteiger charge is -2.41. The average Bonchev–Trinajstić information content (AvgIpc) is 2.24. The minimum atomic E-state index is 0.638. The molecule has 16 heavy (non-hydrogen) atoms. The van der Waals surface area contributed by atoms with E-state index in [1.54, 1.807) is 0 Å². The van der Waals surface area contributed by atoms with Crippen LogP contribution in [0.15, 0.2) is 12.7 Å². The predicted octanol–water partition coefficient (Wildman–Crippen LogP) is 2.22. The first-order valence-electron chi connectivity index (χ1n) is 6.31. The van der Waals surface area contributed by atoms with Gasteiger partial charge < -0.3 is 5.32 Å². The fraction of sp³-hybridized carbons (Fsp3) is 0.846. The molecule has 1 rings (SSSR count). The third kappa shape index (κ3) is 4.48. The Morgan fingerprint density at radius 2 is 2.31 bits per heavy atom. The third-order valence-electron chi connectivity index (χ3n) is 3.18. The Labute approximate surface area is 105 Å². The van der Waals surface area contributed by atoms with Crippen LogP contribution in [0, 0.1) is 5.92 Å². The summed E-state index contributed by atoms with van der Waals surface area (Å²) in [5.41, 5.74) is 0. The van der Waals surface area contributed by atoms with Crippen molar-refractivity contribution in [3.05, 3.63) is 12.7 Å².